The quantitative estimate of drug-likeness (QED) is 0.675. The third-order valence-electron chi connectivity index (χ3n) is 5.44. The van der Waals surface area contributed by atoms with Crippen molar-refractivity contribution in [2.24, 2.45) is 5.10 Å². The molecule has 10 heteroatoms. The van der Waals surface area contributed by atoms with Crippen LogP contribution in [-0.4, -0.2) is 48.5 Å². The molecule has 2 saturated heterocycles. The highest BCUT2D eigenvalue weighted by Gasteiger charge is 2.31. The average Bonchev–Trinajstić information content (AvgIpc) is 3.44. The molecule has 0 saturated carbocycles. The number of hydrogen-bond acceptors (Lipinski definition) is 6. The minimum absolute atomic E-state index is 0.104. The summed E-state index contributed by atoms with van der Waals surface area (Å²) in [6, 6.07) is 11.6. The molecule has 2 heterocycles. The summed E-state index contributed by atoms with van der Waals surface area (Å²) >= 11 is 1.25. The molecule has 2 aliphatic heterocycles. The number of amides is 2. The number of nitrogens with zero attached hydrogens (tertiary/aromatic N) is 3. The third kappa shape index (κ3) is 4.43. The Hall–Kier alpha value is -2.69. The number of rotatable bonds is 5. The molecule has 4 rings (SSSR count). The van der Waals surface area contributed by atoms with Crippen molar-refractivity contribution in [2.45, 2.75) is 31.6 Å². The van der Waals surface area contributed by atoms with Crippen molar-refractivity contribution in [3.63, 3.8) is 0 Å². The maximum atomic E-state index is 12.6. The van der Waals surface area contributed by atoms with Crippen LogP contribution in [0.25, 0.3) is 0 Å². The number of hydrazone groups is 1. The standard InChI is InChI=1S/C22H24N4O4S2/c1-15-5-6-16(2)19(13-15)26-20(27)14-31-22(26)24-23-21(28)17-7-9-18(10-8-17)32(29,30)25-11-3-4-12-25/h5-10,13H,3-4,11-12,14H2,1-2H3,(H,23,28)/b24-22-. The Bertz CT molecular complexity index is 1190. The molecule has 0 aromatic heterocycles. The highest BCUT2D eigenvalue weighted by Crippen LogP contribution is 2.30. The van der Waals surface area contributed by atoms with Crippen molar-refractivity contribution in [3.8, 4) is 0 Å². The Morgan fingerprint density at radius 1 is 1.06 bits per heavy atom. The van der Waals surface area contributed by atoms with Crippen molar-refractivity contribution in [1.82, 2.24) is 9.73 Å². The van der Waals surface area contributed by atoms with Crippen molar-refractivity contribution >= 4 is 44.5 Å². The minimum atomic E-state index is -3.53. The summed E-state index contributed by atoms with van der Waals surface area (Å²) in [5.74, 6) is -0.345. The topological polar surface area (TPSA) is 99.1 Å². The highest BCUT2D eigenvalue weighted by molar-refractivity contribution is 8.15. The zero-order valence-corrected chi connectivity index (χ0v) is 19.5. The fourth-order valence-electron chi connectivity index (χ4n) is 3.66. The van der Waals surface area contributed by atoms with Gasteiger partial charge in [0.05, 0.1) is 16.3 Å². The molecule has 2 fully saturated rings. The van der Waals surface area contributed by atoms with Crippen molar-refractivity contribution in [1.29, 1.82) is 0 Å². The number of nitrogens with one attached hydrogen (secondary N) is 1. The molecular weight excluding hydrogens is 448 g/mol. The predicted molar refractivity (Wildman–Crippen MR) is 125 cm³/mol. The number of anilines is 1. The number of carbonyl (C=O) groups excluding carboxylic acids is 2. The highest BCUT2D eigenvalue weighted by atomic mass is 32.2. The normalized spacial score (nSPS) is 18.5. The number of sulfonamides is 1. The maximum Gasteiger partial charge on any atom is 0.271 e. The van der Waals surface area contributed by atoms with Gasteiger partial charge in [0.2, 0.25) is 15.9 Å². The summed E-state index contributed by atoms with van der Waals surface area (Å²) < 4.78 is 26.7. The van der Waals surface area contributed by atoms with E-state index in [-0.39, 0.29) is 22.1 Å². The first-order valence-electron chi connectivity index (χ1n) is 10.3. The van der Waals surface area contributed by atoms with Crippen molar-refractivity contribution in [2.75, 3.05) is 23.7 Å². The van der Waals surface area contributed by atoms with E-state index in [2.05, 4.69) is 10.5 Å². The van der Waals surface area contributed by atoms with Gasteiger partial charge < -0.3 is 0 Å². The Morgan fingerprint density at radius 2 is 1.75 bits per heavy atom. The van der Waals surface area contributed by atoms with Crippen LogP contribution in [0.2, 0.25) is 0 Å². The Balaban J connectivity index is 1.50. The summed E-state index contributed by atoms with van der Waals surface area (Å²) in [5.41, 5.74) is 5.45. The zero-order valence-electron chi connectivity index (χ0n) is 17.9. The minimum Gasteiger partial charge on any atom is -0.273 e. The van der Waals surface area contributed by atoms with Crippen molar-refractivity contribution in [3.05, 3.63) is 59.2 Å². The number of aryl methyl sites for hydroxylation is 2. The van der Waals surface area contributed by atoms with Crippen LogP contribution in [0.4, 0.5) is 5.69 Å². The predicted octanol–water partition coefficient (Wildman–Crippen LogP) is 2.87. The van der Waals surface area contributed by atoms with Gasteiger partial charge in [-0.1, -0.05) is 23.9 Å². The summed E-state index contributed by atoms with van der Waals surface area (Å²) in [7, 11) is -3.53. The second-order valence-corrected chi connectivity index (χ2v) is 10.7. The van der Waals surface area contributed by atoms with Gasteiger partial charge in [-0.15, -0.1) is 5.10 Å². The summed E-state index contributed by atoms with van der Waals surface area (Å²) in [6.07, 6.45) is 1.72. The van der Waals surface area contributed by atoms with E-state index < -0.39 is 15.9 Å². The lowest BCUT2D eigenvalue weighted by molar-refractivity contribution is -0.115. The maximum absolute atomic E-state index is 12.6. The van der Waals surface area contributed by atoms with Crippen LogP contribution in [0, 0.1) is 13.8 Å². The Morgan fingerprint density at radius 3 is 2.44 bits per heavy atom. The van der Waals surface area contributed by atoms with Crippen LogP contribution in [0.15, 0.2) is 52.5 Å². The van der Waals surface area contributed by atoms with Gasteiger partial charge in [-0.05, 0) is 68.1 Å². The third-order valence-corrected chi connectivity index (χ3v) is 8.28. The molecule has 2 aromatic carbocycles. The summed E-state index contributed by atoms with van der Waals surface area (Å²) in [4.78, 5) is 26.7. The van der Waals surface area contributed by atoms with Gasteiger partial charge in [0.15, 0.2) is 5.17 Å². The lowest BCUT2D eigenvalue weighted by Crippen LogP contribution is -2.32. The van der Waals surface area contributed by atoms with Gasteiger partial charge in [0.1, 0.15) is 0 Å². The molecule has 0 bridgehead atoms. The molecule has 0 unspecified atom stereocenters. The van der Waals surface area contributed by atoms with E-state index in [1.807, 2.05) is 32.0 Å². The summed E-state index contributed by atoms with van der Waals surface area (Å²) in [5, 5.41) is 4.57. The lowest BCUT2D eigenvalue weighted by atomic mass is 10.1. The smallest absolute Gasteiger partial charge is 0.271 e. The number of thioether (sulfide) groups is 1. The second kappa shape index (κ2) is 9.05. The zero-order chi connectivity index (χ0) is 22.9. The molecule has 8 nitrogen and oxygen atoms in total. The number of amidine groups is 1. The number of hydrogen-bond donors (Lipinski definition) is 1. The molecule has 0 aliphatic carbocycles. The number of carbonyl (C=O) groups is 2. The lowest BCUT2D eigenvalue weighted by Gasteiger charge is -2.19. The Labute approximate surface area is 191 Å². The molecule has 1 N–H and O–H groups in total. The largest absolute Gasteiger partial charge is 0.273 e. The van der Waals surface area contributed by atoms with E-state index in [4.69, 9.17) is 0 Å². The Kier molecular flexibility index (Phi) is 6.36. The summed E-state index contributed by atoms with van der Waals surface area (Å²) in [6.45, 7) is 4.91. The molecule has 0 spiro atoms. The fourth-order valence-corrected chi connectivity index (χ4v) is 6.00. The molecule has 2 amide bonds. The van der Waals surface area contributed by atoms with Crippen LogP contribution in [0.5, 0.6) is 0 Å². The van der Waals surface area contributed by atoms with E-state index in [1.54, 1.807) is 0 Å². The second-order valence-electron chi connectivity index (χ2n) is 7.78. The van der Waals surface area contributed by atoms with E-state index in [1.165, 1.54) is 45.2 Å². The monoisotopic (exact) mass is 472 g/mol. The first-order valence-corrected chi connectivity index (χ1v) is 12.7. The van der Waals surface area contributed by atoms with Gasteiger partial charge >= 0.3 is 0 Å². The molecule has 2 aliphatic rings. The molecular formula is C22H24N4O4S2. The van der Waals surface area contributed by atoms with Crippen LogP contribution in [0.3, 0.4) is 0 Å². The van der Waals surface area contributed by atoms with E-state index >= 15 is 0 Å². The van der Waals surface area contributed by atoms with E-state index in [9.17, 15) is 18.0 Å². The van der Waals surface area contributed by atoms with Gasteiger partial charge in [-0.2, -0.15) is 4.31 Å². The fraction of sp³-hybridized carbons (Fsp3) is 0.318. The van der Waals surface area contributed by atoms with Gasteiger partial charge in [0.25, 0.3) is 5.91 Å². The number of benzene rings is 2. The average molecular weight is 473 g/mol. The van der Waals surface area contributed by atoms with Crippen LogP contribution in [0.1, 0.15) is 34.3 Å². The van der Waals surface area contributed by atoms with E-state index in [0.29, 0.717) is 18.3 Å². The first kappa shape index (κ1) is 22.5. The molecule has 0 atom stereocenters. The van der Waals surface area contributed by atoms with E-state index in [0.717, 1.165) is 29.7 Å². The SMILES string of the molecule is Cc1ccc(C)c(N2C(=O)CS/C2=N\NC(=O)c2ccc(S(=O)(=O)N3CCCC3)cc2)c1. The molecule has 32 heavy (non-hydrogen) atoms. The molecule has 2 aromatic rings. The molecule has 0 radical (unpaired) electrons. The first-order chi connectivity index (χ1) is 15.3. The van der Waals surface area contributed by atoms with Crippen molar-refractivity contribution < 1.29 is 18.0 Å². The van der Waals surface area contributed by atoms with Gasteiger partial charge in [-0.3, -0.25) is 14.5 Å². The molecule has 168 valence electrons. The van der Waals surface area contributed by atoms with Crippen LogP contribution in [-0.2, 0) is 14.8 Å². The van der Waals surface area contributed by atoms with Crippen LogP contribution >= 0.6 is 11.8 Å². The van der Waals surface area contributed by atoms with Gasteiger partial charge in [0, 0.05) is 18.7 Å². The van der Waals surface area contributed by atoms with Gasteiger partial charge in [-0.25, -0.2) is 13.8 Å². The van der Waals surface area contributed by atoms with Crippen LogP contribution < -0.4 is 10.3 Å².